The maximum Gasteiger partial charge on any atom is 0.270 e. The molecule has 3 N–H and O–H groups in total. The molecule has 1 aromatic carbocycles. The van der Waals surface area contributed by atoms with Gasteiger partial charge in [0, 0.05) is 24.5 Å². The molecule has 0 spiro atoms. The van der Waals surface area contributed by atoms with E-state index in [2.05, 4.69) is 15.4 Å². The average Bonchev–Trinajstić information content (AvgIpc) is 3.47. The Labute approximate surface area is 171 Å². The van der Waals surface area contributed by atoms with Gasteiger partial charge in [-0.3, -0.25) is 19.4 Å². The van der Waals surface area contributed by atoms with Crippen LogP contribution in [0.5, 0.6) is 0 Å². The van der Waals surface area contributed by atoms with Crippen LogP contribution in [0.2, 0.25) is 0 Å². The van der Waals surface area contributed by atoms with Crippen molar-refractivity contribution < 1.29 is 14.4 Å². The molecule has 9 nitrogen and oxygen atoms in total. The minimum atomic E-state index is -0.735. The Balaban J connectivity index is 1.53. The van der Waals surface area contributed by atoms with Crippen LogP contribution in [-0.4, -0.2) is 51.9 Å². The maximum atomic E-state index is 13.1. The number of aromatic nitrogens is 1. The Morgan fingerprint density at radius 3 is 2.66 bits per heavy atom. The molecule has 2 aromatic rings. The van der Waals surface area contributed by atoms with Crippen LogP contribution in [0.15, 0.2) is 47.0 Å². The molecule has 3 heterocycles. The first-order chi connectivity index (χ1) is 14.0. The molecule has 1 saturated heterocycles. The van der Waals surface area contributed by atoms with Gasteiger partial charge in [-0.25, -0.2) is 4.98 Å². The predicted octanol–water partition coefficient (Wildman–Crippen LogP) is 1.19. The topological polar surface area (TPSA) is 121 Å². The third-order valence-electron chi connectivity index (χ3n) is 4.99. The molecule has 0 aliphatic carbocycles. The van der Waals surface area contributed by atoms with Crippen molar-refractivity contribution in [2.75, 3.05) is 16.9 Å². The smallest absolute Gasteiger partial charge is 0.270 e. The lowest BCUT2D eigenvalue weighted by Gasteiger charge is -2.23. The van der Waals surface area contributed by atoms with Crippen LogP contribution in [0, 0.1) is 0 Å². The molecule has 1 fully saturated rings. The Hall–Kier alpha value is -3.27. The van der Waals surface area contributed by atoms with Crippen molar-refractivity contribution in [1.29, 1.82) is 0 Å². The zero-order chi connectivity index (χ0) is 20.4. The zero-order valence-corrected chi connectivity index (χ0v) is 16.3. The number of rotatable bonds is 5. The largest absolute Gasteiger partial charge is 0.368 e. The first-order valence-electron chi connectivity index (χ1n) is 9.27. The molecule has 2 atom stereocenters. The van der Waals surface area contributed by atoms with Crippen LogP contribution < -0.4 is 16.1 Å². The molecule has 10 heteroatoms. The van der Waals surface area contributed by atoms with Gasteiger partial charge in [-0.05, 0) is 25.0 Å². The summed E-state index contributed by atoms with van der Waals surface area (Å²) in [6.07, 6.45) is 3.00. The van der Waals surface area contributed by atoms with Gasteiger partial charge in [-0.1, -0.05) is 18.2 Å². The third kappa shape index (κ3) is 3.83. The Morgan fingerprint density at radius 1 is 1.17 bits per heavy atom. The third-order valence-corrected chi connectivity index (χ3v) is 5.67. The van der Waals surface area contributed by atoms with Gasteiger partial charge in [-0.15, -0.1) is 11.3 Å². The summed E-state index contributed by atoms with van der Waals surface area (Å²) < 4.78 is 0. The number of likely N-dealkylation sites (tertiary alicyclic amines) is 1. The fraction of sp³-hybridized carbons (Fsp3) is 0.316. The van der Waals surface area contributed by atoms with E-state index in [0.717, 1.165) is 6.42 Å². The van der Waals surface area contributed by atoms with Crippen molar-refractivity contribution >= 4 is 45.6 Å². The molecule has 0 bridgehead atoms. The maximum absolute atomic E-state index is 13.1. The van der Waals surface area contributed by atoms with Crippen molar-refractivity contribution in [3.63, 3.8) is 0 Å². The van der Waals surface area contributed by atoms with Gasteiger partial charge in [0.25, 0.3) is 5.91 Å². The number of amides is 3. The number of para-hydroxylation sites is 1. The van der Waals surface area contributed by atoms with Crippen molar-refractivity contribution in [1.82, 2.24) is 9.88 Å². The van der Waals surface area contributed by atoms with E-state index in [0.29, 0.717) is 23.8 Å². The van der Waals surface area contributed by atoms with Gasteiger partial charge in [0.15, 0.2) is 5.13 Å². The summed E-state index contributed by atoms with van der Waals surface area (Å²) in [6.45, 7) is 0.459. The van der Waals surface area contributed by atoms with Gasteiger partial charge in [0.05, 0.1) is 5.69 Å². The lowest BCUT2D eigenvalue weighted by Crippen LogP contribution is -2.46. The number of nitrogens with one attached hydrogen (secondary N) is 1. The second kappa shape index (κ2) is 8.00. The molecule has 0 radical (unpaired) electrons. The van der Waals surface area contributed by atoms with E-state index >= 15 is 0 Å². The van der Waals surface area contributed by atoms with E-state index in [4.69, 9.17) is 5.73 Å². The highest BCUT2D eigenvalue weighted by Gasteiger charge is 2.41. The SMILES string of the molecule is NC(=O)[C@H]1CC(C(=O)N2CCC[C@@H]2C(=O)Nc2nccs2)=NN1c1ccccc1. The number of benzene rings is 1. The van der Waals surface area contributed by atoms with E-state index < -0.39 is 18.0 Å². The van der Waals surface area contributed by atoms with Crippen LogP contribution in [0.3, 0.4) is 0 Å². The second-order valence-corrected chi connectivity index (χ2v) is 7.73. The van der Waals surface area contributed by atoms with Crippen molar-refractivity contribution in [3.8, 4) is 0 Å². The minimum absolute atomic E-state index is 0.111. The number of hydrogen-bond acceptors (Lipinski definition) is 7. The normalized spacial score (nSPS) is 21.2. The highest BCUT2D eigenvalue weighted by Crippen LogP contribution is 2.27. The van der Waals surface area contributed by atoms with E-state index in [1.165, 1.54) is 21.2 Å². The number of primary amides is 1. The molecule has 150 valence electrons. The zero-order valence-electron chi connectivity index (χ0n) is 15.5. The molecule has 29 heavy (non-hydrogen) atoms. The quantitative estimate of drug-likeness (QED) is 0.764. The Kier molecular flexibility index (Phi) is 5.26. The fourth-order valence-corrected chi connectivity index (χ4v) is 4.13. The van der Waals surface area contributed by atoms with E-state index in [9.17, 15) is 14.4 Å². The summed E-state index contributed by atoms with van der Waals surface area (Å²) in [6, 6.07) is 7.77. The van der Waals surface area contributed by atoms with Gasteiger partial charge in [0.1, 0.15) is 17.8 Å². The Bertz CT molecular complexity index is 946. The molecular weight excluding hydrogens is 392 g/mol. The number of hydrazone groups is 1. The Morgan fingerprint density at radius 2 is 1.97 bits per heavy atom. The molecule has 1 aromatic heterocycles. The molecule has 4 rings (SSSR count). The van der Waals surface area contributed by atoms with Gasteiger partial charge in [-0.2, -0.15) is 5.10 Å². The number of nitrogens with zero attached hydrogens (tertiary/aromatic N) is 4. The molecule has 2 aliphatic heterocycles. The molecule has 2 aliphatic rings. The number of carbonyl (C=O) groups excluding carboxylic acids is 3. The number of anilines is 2. The first-order valence-corrected chi connectivity index (χ1v) is 10.1. The van der Waals surface area contributed by atoms with Gasteiger partial charge < -0.3 is 16.0 Å². The van der Waals surface area contributed by atoms with Crippen molar-refractivity contribution in [2.45, 2.75) is 31.3 Å². The van der Waals surface area contributed by atoms with Gasteiger partial charge in [0.2, 0.25) is 11.8 Å². The number of carbonyl (C=O) groups is 3. The standard InChI is InChI=1S/C19H20N6O3S/c20-16(26)15-11-13(23-25(15)12-5-2-1-3-6-12)18(28)24-9-4-7-14(24)17(27)22-19-21-8-10-29-19/h1-3,5-6,8,10,14-15H,4,7,9,11H2,(H2,20,26)(H,21,22,27)/t14-,15-/m1/s1. The lowest BCUT2D eigenvalue weighted by molar-refractivity contribution is -0.131. The number of nitrogens with two attached hydrogens (primary N) is 1. The summed E-state index contributed by atoms with van der Waals surface area (Å²) in [4.78, 5) is 43.3. The first kappa shape index (κ1) is 19.1. The van der Waals surface area contributed by atoms with Crippen LogP contribution in [0.1, 0.15) is 19.3 Å². The summed E-state index contributed by atoms with van der Waals surface area (Å²) in [7, 11) is 0. The van der Waals surface area contributed by atoms with Crippen molar-refractivity contribution in [2.24, 2.45) is 10.8 Å². The summed E-state index contributed by atoms with van der Waals surface area (Å²) >= 11 is 1.32. The minimum Gasteiger partial charge on any atom is -0.368 e. The average molecular weight is 412 g/mol. The van der Waals surface area contributed by atoms with Gasteiger partial charge >= 0.3 is 0 Å². The molecule has 0 saturated carbocycles. The molecule has 3 amide bonds. The van der Waals surface area contributed by atoms with Crippen LogP contribution in [0.25, 0.3) is 0 Å². The predicted molar refractivity (Wildman–Crippen MR) is 109 cm³/mol. The lowest BCUT2D eigenvalue weighted by atomic mass is 10.1. The highest BCUT2D eigenvalue weighted by molar-refractivity contribution is 7.13. The van der Waals surface area contributed by atoms with Crippen LogP contribution >= 0.6 is 11.3 Å². The summed E-state index contributed by atoms with van der Waals surface area (Å²) in [5, 5.41) is 10.9. The molecular formula is C19H20N6O3S. The summed E-state index contributed by atoms with van der Waals surface area (Å²) in [5.41, 5.74) is 6.45. The van der Waals surface area contributed by atoms with Crippen LogP contribution in [0.4, 0.5) is 10.8 Å². The van der Waals surface area contributed by atoms with E-state index in [-0.39, 0.29) is 23.9 Å². The van der Waals surface area contributed by atoms with E-state index in [1.54, 1.807) is 23.7 Å². The van der Waals surface area contributed by atoms with Crippen molar-refractivity contribution in [3.05, 3.63) is 41.9 Å². The molecule has 0 unspecified atom stereocenters. The summed E-state index contributed by atoms with van der Waals surface area (Å²) in [5.74, 6) is -1.16. The number of hydrogen-bond donors (Lipinski definition) is 2. The highest BCUT2D eigenvalue weighted by atomic mass is 32.1. The monoisotopic (exact) mass is 412 g/mol. The number of thiazole rings is 1. The van der Waals surface area contributed by atoms with E-state index in [1.807, 2.05) is 18.2 Å². The fourth-order valence-electron chi connectivity index (χ4n) is 3.60. The van der Waals surface area contributed by atoms with Crippen LogP contribution in [-0.2, 0) is 14.4 Å². The second-order valence-electron chi connectivity index (χ2n) is 6.83.